The van der Waals surface area contributed by atoms with Crippen LogP contribution in [0.3, 0.4) is 0 Å². The van der Waals surface area contributed by atoms with Gasteiger partial charge in [-0.25, -0.2) is 14.4 Å². The van der Waals surface area contributed by atoms with Gasteiger partial charge < -0.3 is 4.90 Å². The van der Waals surface area contributed by atoms with Gasteiger partial charge in [0.05, 0.1) is 12.6 Å². The van der Waals surface area contributed by atoms with Crippen molar-refractivity contribution in [3.8, 4) is 0 Å². The molecule has 5 rings (SSSR count). The molecule has 168 valence electrons. The summed E-state index contributed by atoms with van der Waals surface area (Å²) in [5.41, 5.74) is 2.99. The molecule has 2 aromatic heterocycles. The molecule has 0 N–H and O–H groups in total. The van der Waals surface area contributed by atoms with Crippen molar-refractivity contribution in [2.24, 2.45) is 0 Å². The summed E-state index contributed by atoms with van der Waals surface area (Å²) in [6.07, 6.45) is 4.17. The third-order valence-corrected chi connectivity index (χ3v) is 6.30. The zero-order valence-corrected chi connectivity index (χ0v) is 18.4. The lowest BCUT2D eigenvalue weighted by molar-refractivity contribution is -0.119. The standard InChI is InChI=1S/C25H24FN5O2/c1-16-19-11-12-22(32)31(15-17-7-9-18(26)10-8-17)24(19)29-23(28-16)21-6-4-14-30(21)25(33)20-5-2-3-13-27-20/h2-3,5,7-10,13,21H,4,6,11-12,14-15H2,1H3/t21-/m1/s1. The van der Waals surface area contributed by atoms with Crippen molar-refractivity contribution in [2.45, 2.75) is 45.2 Å². The minimum Gasteiger partial charge on any atom is -0.327 e. The number of amides is 2. The summed E-state index contributed by atoms with van der Waals surface area (Å²) in [5, 5.41) is 0. The van der Waals surface area contributed by atoms with Gasteiger partial charge in [-0.2, -0.15) is 0 Å². The van der Waals surface area contributed by atoms with Crippen LogP contribution < -0.4 is 4.90 Å². The molecular weight excluding hydrogens is 421 g/mol. The zero-order chi connectivity index (χ0) is 22.9. The number of anilines is 1. The molecular formula is C25H24FN5O2. The Bertz CT molecular complexity index is 1200. The predicted molar refractivity (Wildman–Crippen MR) is 120 cm³/mol. The number of aromatic nitrogens is 3. The summed E-state index contributed by atoms with van der Waals surface area (Å²) in [6, 6.07) is 11.1. The quantitative estimate of drug-likeness (QED) is 0.611. The lowest BCUT2D eigenvalue weighted by atomic mass is 10.0. The maximum absolute atomic E-state index is 13.3. The molecule has 0 aliphatic carbocycles. The average Bonchev–Trinajstić information content (AvgIpc) is 3.32. The van der Waals surface area contributed by atoms with E-state index in [1.54, 1.807) is 46.3 Å². The highest BCUT2D eigenvalue weighted by atomic mass is 19.1. The number of carbonyl (C=O) groups excluding carboxylic acids is 2. The minimum absolute atomic E-state index is 0.0243. The molecule has 1 fully saturated rings. The van der Waals surface area contributed by atoms with E-state index in [2.05, 4.69) is 4.98 Å². The molecule has 3 aromatic rings. The second kappa shape index (κ2) is 8.69. The highest BCUT2D eigenvalue weighted by Crippen LogP contribution is 2.35. The maximum atomic E-state index is 13.3. The molecule has 8 heteroatoms. The van der Waals surface area contributed by atoms with Gasteiger partial charge in [0.15, 0.2) is 5.82 Å². The molecule has 1 atom stereocenters. The van der Waals surface area contributed by atoms with E-state index in [1.807, 2.05) is 6.92 Å². The van der Waals surface area contributed by atoms with Crippen LogP contribution in [0.25, 0.3) is 0 Å². The predicted octanol–water partition coefficient (Wildman–Crippen LogP) is 3.78. The van der Waals surface area contributed by atoms with Gasteiger partial charge in [-0.1, -0.05) is 18.2 Å². The number of nitrogens with zero attached hydrogens (tertiary/aromatic N) is 5. The third-order valence-electron chi connectivity index (χ3n) is 6.30. The number of hydrogen-bond donors (Lipinski definition) is 0. The Morgan fingerprint density at radius 3 is 2.70 bits per heavy atom. The van der Waals surface area contributed by atoms with E-state index in [0.717, 1.165) is 29.7 Å². The van der Waals surface area contributed by atoms with Crippen molar-refractivity contribution < 1.29 is 14.0 Å². The van der Waals surface area contributed by atoms with Crippen LogP contribution in [0, 0.1) is 12.7 Å². The van der Waals surface area contributed by atoms with Gasteiger partial charge in [0.1, 0.15) is 17.3 Å². The summed E-state index contributed by atoms with van der Waals surface area (Å²) in [7, 11) is 0. The van der Waals surface area contributed by atoms with Crippen LogP contribution in [0.5, 0.6) is 0 Å². The van der Waals surface area contributed by atoms with Crippen molar-refractivity contribution in [2.75, 3.05) is 11.4 Å². The molecule has 2 aliphatic heterocycles. The summed E-state index contributed by atoms with van der Waals surface area (Å²) >= 11 is 0. The van der Waals surface area contributed by atoms with Crippen molar-refractivity contribution in [1.82, 2.24) is 19.9 Å². The molecule has 33 heavy (non-hydrogen) atoms. The Hall–Kier alpha value is -3.68. The number of fused-ring (bicyclic) bond motifs is 1. The van der Waals surface area contributed by atoms with Gasteiger partial charge in [0.25, 0.3) is 5.91 Å². The number of hydrogen-bond acceptors (Lipinski definition) is 5. The number of rotatable bonds is 4. The Kier molecular flexibility index (Phi) is 5.58. The average molecular weight is 445 g/mol. The summed E-state index contributed by atoms with van der Waals surface area (Å²) < 4.78 is 13.3. The first-order chi connectivity index (χ1) is 16.0. The largest absolute Gasteiger partial charge is 0.327 e. The van der Waals surface area contributed by atoms with E-state index in [1.165, 1.54) is 12.1 Å². The lowest BCUT2D eigenvalue weighted by Crippen LogP contribution is -2.37. The smallest absolute Gasteiger partial charge is 0.273 e. The van der Waals surface area contributed by atoms with Gasteiger partial charge in [0, 0.05) is 30.4 Å². The monoisotopic (exact) mass is 445 g/mol. The Labute approximate surface area is 191 Å². The van der Waals surface area contributed by atoms with Crippen molar-refractivity contribution >= 4 is 17.6 Å². The number of pyridine rings is 1. The van der Waals surface area contributed by atoms with E-state index < -0.39 is 0 Å². The van der Waals surface area contributed by atoms with E-state index in [0.29, 0.717) is 43.3 Å². The van der Waals surface area contributed by atoms with Gasteiger partial charge in [-0.15, -0.1) is 0 Å². The molecule has 2 aliphatic rings. The van der Waals surface area contributed by atoms with Crippen LogP contribution in [-0.4, -0.2) is 38.2 Å². The van der Waals surface area contributed by atoms with Crippen molar-refractivity contribution in [1.29, 1.82) is 0 Å². The van der Waals surface area contributed by atoms with Crippen LogP contribution in [0.1, 0.15) is 58.4 Å². The van der Waals surface area contributed by atoms with Crippen LogP contribution in [0.2, 0.25) is 0 Å². The molecule has 2 amide bonds. The molecule has 7 nitrogen and oxygen atoms in total. The first-order valence-corrected chi connectivity index (χ1v) is 11.2. The van der Waals surface area contributed by atoms with Gasteiger partial charge in [0.2, 0.25) is 5.91 Å². The molecule has 0 radical (unpaired) electrons. The number of carbonyl (C=O) groups is 2. The van der Waals surface area contributed by atoms with Gasteiger partial charge in [-0.05, 0) is 56.0 Å². The fourth-order valence-electron chi connectivity index (χ4n) is 4.60. The second-order valence-electron chi connectivity index (χ2n) is 8.45. The summed E-state index contributed by atoms with van der Waals surface area (Å²) in [4.78, 5) is 43.2. The Morgan fingerprint density at radius 2 is 1.94 bits per heavy atom. The summed E-state index contributed by atoms with van der Waals surface area (Å²) in [6.45, 7) is 2.84. The third kappa shape index (κ3) is 4.08. The Balaban J connectivity index is 1.49. The number of halogens is 1. The van der Waals surface area contributed by atoms with Crippen LogP contribution in [0.15, 0.2) is 48.7 Å². The second-order valence-corrected chi connectivity index (χ2v) is 8.45. The fraction of sp³-hybridized carbons (Fsp3) is 0.320. The van der Waals surface area contributed by atoms with Gasteiger partial charge >= 0.3 is 0 Å². The first kappa shape index (κ1) is 21.2. The van der Waals surface area contributed by atoms with E-state index in [-0.39, 0.29) is 23.7 Å². The van der Waals surface area contributed by atoms with Crippen molar-refractivity contribution in [3.05, 3.63) is 82.8 Å². The maximum Gasteiger partial charge on any atom is 0.273 e. The SMILES string of the molecule is Cc1nc([C@H]2CCCN2C(=O)c2ccccn2)nc2c1CCC(=O)N2Cc1ccc(F)cc1. The number of aryl methyl sites for hydroxylation is 1. The topological polar surface area (TPSA) is 79.3 Å². The van der Waals surface area contributed by atoms with Gasteiger partial charge in [-0.3, -0.25) is 19.5 Å². The summed E-state index contributed by atoms with van der Waals surface area (Å²) in [5.74, 6) is 0.658. The fourth-order valence-corrected chi connectivity index (χ4v) is 4.60. The molecule has 0 unspecified atom stereocenters. The molecule has 1 saturated heterocycles. The normalized spacial score (nSPS) is 17.9. The van der Waals surface area contributed by atoms with Crippen molar-refractivity contribution in [3.63, 3.8) is 0 Å². The highest BCUT2D eigenvalue weighted by molar-refractivity contribution is 5.95. The highest BCUT2D eigenvalue weighted by Gasteiger charge is 2.35. The number of benzene rings is 1. The van der Waals surface area contributed by atoms with Crippen LogP contribution in [0.4, 0.5) is 10.2 Å². The number of likely N-dealkylation sites (tertiary alicyclic amines) is 1. The van der Waals surface area contributed by atoms with Crippen LogP contribution in [-0.2, 0) is 17.8 Å². The molecule has 0 bridgehead atoms. The minimum atomic E-state index is -0.316. The Morgan fingerprint density at radius 1 is 1.12 bits per heavy atom. The van der Waals surface area contributed by atoms with E-state index in [9.17, 15) is 14.0 Å². The van der Waals surface area contributed by atoms with E-state index >= 15 is 0 Å². The zero-order valence-electron chi connectivity index (χ0n) is 18.4. The molecule has 0 spiro atoms. The lowest BCUT2D eigenvalue weighted by Gasteiger charge is -2.31. The molecule has 0 saturated carbocycles. The molecule has 1 aromatic carbocycles. The van der Waals surface area contributed by atoms with E-state index in [4.69, 9.17) is 9.97 Å². The first-order valence-electron chi connectivity index (χ1n) is 11.2. The molecule has 4 heterocycles. The van der Waals surface area contributed by atoms with Crippen LogP contribution >= 0.6 is 0 Å².